The summed E-state index contributed by atoms with van der Waals surface area (Å²) in [7, 11) is -1.65. The first-order valence-corrected chi connectivity index (χ1v) is 17.1. The normalized spacial score (nSPS) is 11.9. The molecule has 0 fully saturated rings. The maximum absolute atomic E-state index is 14.5. The predicted molar refractivity (Wildman–Crippen MR) is 184 cm³/mol. The van der Waals surface area contributed by atoms with Crippen LogP contribution >= 0.6 is 11.6 Å². The van der Waals surface area contributed by atoms with Crippen LogP contribution in [0.15, 0.2) is 102 Å². The summed E-state index contributed by atoms with van der Waals surface area (Å²) in [5.41, 5.74) is 1.49. The van der Waals surface area contributed by atoms with Crippen molar-refractivity contribution < 1.29 is 31.9 Å². The van der Waals surface area contributed by atoms with Crippen LogP contribution in [0.3, 0.4) is 0 Å². The quantitative estimate of drug-likeness (QED) is 0.161. The SMILES string of the molecule is COc1ccc(S(=O)(=O)N(CC(=O)N(Cc2cccc(Cl)c2)[C@H](Cc2ccccc2)C(=O)NCC(C)C)c2ccc(F)cc2)cc1OC. The van der Waals surface area contributed by atoms with Gasteiger partial charge in [0.2, 0.25) is 11.8 Å². The molecule has 4 aromatic carbocycles. The van der Waals surface area contributed by atoms with Gasteiger partial charge in [0.05, 0.1) is 24.8 Å². The molecule has 1 atom stereocenters. The van der Waals surface area contributed by atoms with Gasteiger partial charge in [-0.2, -0.15) is 0 Å². The van der Waals surface area contributed by atoms with Gasteiger partial charge in [0, 0.05) is 30.6 Å². The summed E-state index contributed by atoms with van der Waals surface area (Å²) < 4.78 is 54.1. The summed E-state index contributed by atoms with van der Waals surface area (Å²) in [4.78, 5) is 29.6. The van der Waals surface area contributed by atoms with Gasteiger partial charge in [0.25, 0.3) is 10.0 Å². The first kappa shape index (κ1) is 36.2. The average Bonchev–Trinajstić information content (AvgIpc) is 3.08. The molecule has 48 heavy (non-hydrogen) atoms. The third-order valence-electron chi connectivity index (χ3n) is 7.53. The van der Waals surface area contributed by atoms with Crippen LogP contribution in [-0.4, -0.2) is 58.5 Å². The highest BCUT2D eigenvalue weighted by Gasteiger charge is 2.35. The summed E-state index contributed by atoms with van der Waals surface area (Å²) in [6.45, 7) is 3.55. The number of carbonyl (C=O) groups excluding carboxylic acids is 2. The first-order valence-electron chi connectivity index (χ1n) is 15.3. The van der Waals surface area contributed by atoms with E-state index in [1.165, 1.54) is 49.5 Å². The van der Waals surface area contributed by atoms with Gasteiger partial charge in [0.1, 0.15) is 18.4 Å². The van der Waals surface area contributed by atoms with E-state index < -0.39 is 34.3 Å². The van der Waals surface area contributed by atoms with Crippen LogP contribution in [-0.2, 0) is 32.6 Å². The molecular formula is C36H39ClFN3O6S. The van der Waals surface area contributed by atoms with E-state index in [4.69, 9.17) is 21.1 Å². The topological polar surface area (TPSA) is 105 Å². The smallest absolute Gasteiger partial charge is 0.264 e. The number of nitrogens with zero attached hydrogens (tertiary/aromatic N) is 2. The molecule has 0 saturated carbocycles. The Kier molecular flexibility index (Phi) is 12.4. The molecule has 0 aromatic heterocycles. The van der Waals surface area contributed by atoms with E-state index >= 15 is 0 Å². The van der Waals surface area contributed by atoms with Gasteiger partial charge >= 0.3 is 0 Å². The number of hydrogen-bond donors (Lipinski definition) is 1. The Morgan fingerprint density at radius 1 is 0.854 bits per heavy atom. The lowest BCUT2D eigenvalue weighted by Gasteiger charge is -2.34. The van der Waals surface area contributed by atoms with E-state index in [0.717, 1.165) is 22.0 Å². The molecule has 0 spiro atoms. The Morgan fingerprint density at radius 3 is 2.15 bits per heavy atom. The fraction of sp³-hybridized carbons (Fsp3) is 0.278. The van der Waals surface area contributed by atoms with Gasteiger partial charge < -0.3 is 19.7 Å². The van der Waals surface area contributed by atoms with Crippen LogP contribution in [0.4, 0.5) is 10.1 Å². The summed E-state index contributed by atoms with van der Waals surface area (Å²) in [6.07, 6.45) is 0.163. The summed E-state index contributed by atoms with van der Waals surface area (Å²) in [6, 6.07) is 24.0. The highest BCUT2D eigenvalue weighted by Crippen LogP contribution is 2.32. The van der Waals surface area contributed by atoms with E-state index in [-0.39, 0.29) is 41.1 Å². The zero-order valence-electron chi connectivity index (χ0n) is 27.2. The highest BCUT2D eigenvalue weighted by molar-refractivity contribution is 7.92. The lowest BCUT2D eigenvalue weighted by atomic mass is 10.0. The largest absolute Gasteiger partial charge is 0.493 e. The second-order valence-electron chi connectivity index (χ2n) is 11.5. The van der Waals surface area contributed by atoms with Crippen molar-refractivity contribution in [2.24, 2.45) is 5.92 Å². The lowest BCUT2D eigenvalue weighted by molar-refractivity contribution is -0.140. The van der Waals surface area contributed by atoms with Crippen molar-refractivity contribution in [3.05, 3.63) is 119 Å². The van der Waals surface area contributed by atoms with E-state index in [2.05, 4.69) is 5.32 Å². The van der Waals surface area contributed by atoms with Crippen molar-refractivity contribution in [1.82, 2.24) is 10.2 Å². The van der Waals surface area contributed by atoms with Crippen molar-refractivity contribution in [3.8, 4) is 11.5 Å². The standard InChI is InChI=1S/C36H39ClFN3O6S/c1-25(2)22-39-36(43)32(20-26-9-6-5-7-10-26)40(23-27-11-8-12-28(37)19-27)35(42)24-41(30-15-13-29(38)14-16-30)48(44,45)31-17-18-33(46-3)34(21-31)47-4/h5-19,21,25,32H,20,22-24H2,1-4H3,(H,39,43)/t32-/m1/s1. The number of hydrogen-bond acceptors (Lipinski definition) is 6. The zero-order chi connectivity index (χ0) is 34.8. The molecular weight excluding hydrogens is 657 g/mol. The molecule has 0 aliphatic heterocycles. The molecule has 0 aliphatic carbocycles. The van der Waals surface area contributed by atoms with Crippen LogP contribution in [0.1, 0.15) is 25.0 Å². The second kappa shape index (κ2) is 16.5. The molecule has 1 N–H and O–H groups in total. The van der Waals surface area contributed by atoms with Gasteiger partial charge in [0.15, 0.2) is 11.5 Å². The third kappa shape index (κ3) is 9.26. The Morgan fingerprint density at radius 2 is 1.52 bits per heavy atom. The molecule has 4 rings (SSSR count). The van der Waals surface area contributed by atoms with Gasteiger partial charge in [-0.25, -0.2) is 12.8 Å². The monoisotopic (exact) mass is 695 g/mol. The lowest BCUT2D eigenvalue weighted by Crippen LogP contribution is -2.53. The molecule has 254 valence electrons. The van der Waals surface area contributed by atoms with Crippen LogP contribution < -0.4 is 19.1 Å². The summed E-state index contributed by atoms with van der Waals surface area (Å²) >= 11 is 6.30. The Hall–Kier alpha value is -4.61. The summed E-state index contributed by atoms with van der Waals surface area (Å²) in [5, 5.41) is 3.39. The Labute approximate surface area is 286 Å². The average molecular weight is 696 g/mol. The fourth-order valence-corrected chi connectivity index (χ4v) is 6.69. The molecule has 0 unspecified atom stereocenters. The molecule has 0 radical (unpaired) electrons. The van der Waals surface area contributed by atoms with Gasteiger partial charge in [-0.15, -0.1) is 0 Å². The Balaban J connectivity index is 1.82. The third-order valence-corrected chi connectivity index (χ3v) is 9.54. The summed E-state index contributed by atoms with van der Waals surface area (Å²) in [5.74, 6) is -1.02. The number of carbonyl (C=O) groups is 2. The predicted octanol–water partition coefficient (Wildman–Crippen LogP) is 6.10. The maximum atomic E-state index is 14.5. The van der Waals surface area contributed by atoms with Crippen LogP contribution in [0, 0.1) is 11.7 Å². The molecule has 0 saturated heterocycles. The van der Waals surface area contributed by atoms with E-state index in [1.807, 2.05) is 44.2 Å². The number of nitrogens with one attached hydrogen (secondary N) is 1. The van der Waals surface area contributed by atoms with Crippen molar-refractivity contribution >= 4 is 39.1 Å². The van der Waals surface area contributed by atoms with Crippen LogP contribution in [0.2, 0.25) is 5.02 Å². The minimum atomic E-state index is -4.45. The number of ether oxygens (including phenoxy) is 2. The zero-order valence-corrected chi connectivity index (χ0v) is 28.8. The minimum absolute atomic E-state index is 0.0420. The maximum Gasteiger partial charge on any atom is 0.264 e. The first-order chi connectivity index (χ1) is 22.9. The van der Waals surface area contributed by atoms with E-state index in [0.29, 0.717) is 22.9 Å². The van der Waals surface area contributed by atoms with Gasteiger partial charge in [-0.05, 0) is 65.6 Å². The molecule has 9 nitrogen and oxygen atoms in total. The van der Waals surface area contributed by atoms with Crippen LogP contribution in [0.25, 0.3) is 0 Å². The molecule has 12 heteroatoms. The number of rotatable bonds is 15. The van der Waals surface area contributed by atoms with Crippen molar-refractivity contribution in [3.63, 3.8) is 0 Å². The highest BCUT2D eigenvalue weighted by atomic mass is 35.5. The number of benzene rings is 4. The van der Waals surface area contributed by atoms with Gasteiger partial charge in [-0.1, -0.05) is 67.9 Å². The van der Waals surface area contributed by atoms with E-state index in [9.17, 15) is 22.4 Å². The number of methoxy groups -OCH3 is 2. The number of sulfonamides is 1. The van der Waals surface area contributed by atoms with E-state index in [1.54, 1.807) is 24.3 Å². The second-order valence-corrected chi connectivity index (χ2v) is 13.8. The minimum Gasteiger partial charge on any atom is -0.493 e. The molecule has 0 heterocycles. The number of anilines is 1. The molecule has 0 aliphatic rings. The van der Waals surface area contributed by atoms with Crippen LogP contribution in [0.5, 0.6) is 11.5 Å². The molecule has 0 bridgehead atoms. The van der Waals surface area contributed by atoms with Crippen molar-refractivity contribution in [1.29, 1.82) is 0 Å². The van der Waals surface area contributed by atoms with Crippen molar-refractivity contribution in [2.75, 3.05) is 31.6 Å². The number of amides is 2. The fourth-order valence-electron chi connectivity index (χ4n) is 5.05. The van der Waals surface area contributed by atoms with Gasteiger partial charge in [-0.3, -0.25) is 13.9 Å². The molecule has 2 amide bonds. The molecule has 4 aromatic rings. The van der Waals surface area contributed by atoms with Crippen molar-refractivity contribution in [2.45, 2.75) is 37.8 Å². The Bertz CT molecular complexity index is 1810. The number of halogens is 2.